The van der Waals surface area contributed by atoms with Crippen molar-refractivity contribution in [2.45, 2.75) is 25.4 Å². The highest BCUT2D eigenvalue weighted by Crippen LogP contribution is 2.36. The Labute approximate surface area is 118 Å². The van der Waals surface area contributed by atoms with Crippen molar-refractivity contribution in [3.05, 3.63) is 65.0 Å². The third kappa shape index (κ3) is 2.41. The van der Waals surface area contributed by atoms with Gasteiger partial charge < -0.3 is 5.11 Å². The highest BCUT2D eigenvalue weighted by molar-refractivity contribution is 5.36. The summed E-state index contributed by atoms with van der Waals surface area (Å²) in [6.07, 6.45) is 2.16. The number of phenols is 1. The van der Waals surface area contributed by atoms with Crippen LogP contribution in [-0.4, -0.2) is 17.1 Å². The van der Waals surface area contributed by atoms with Gasteiger partial charge in [-0.05, 0) is 49.2 Å². The number of rotatable bonds is 3. The van der Waals surface area contributed by atoms with Crippen LogP contribution in [0.2, 0.25) is 0 Å². The summed E-state index contributed by atoms with van der Waals surface area (Å²) >= 11 is 0. The molecule has 3 heteroatoms. The van der Waals surface area contributed by atoms with E-state index >= 15 is 0 Å². The predicted octanol–water partition coefficient (Wildman–Crippen LogP) is 3.65. The molecule has 1 aliphatic carbocycles. The van der Waals surface area contributed by atoms with Crippen molar-refractivity contribution in [1.82, 2.24) is 4.90 Å². The molecule has 2 aromatic rings. The fourth-order valence-electron chi connectivity index (χ4n) is 3.05. The second kappa shape index (κ2) is 5.25. The van der Waals surface area contributed by atoms with Crippen LogP contribution in [-0.2, 0) is 13.0 Å². The molecule has 3 rings (SSSR count). The third-order valence-corrected chi connectivity index (χ3v) is 4.09. The minimum Gasteiger partial charge on any atom is -0.508 e. The van der Waals surface area contributed by atoms with Gasteiger partial charge in [-0.15, -0.1) is 0 Å². The molecule has 0 saturated heterocycles. The molecule has 104 valence electrons. The maximum Gasteiger partial charge on any atom is 0.123 e. The molecule has 2 nitrogen and oxygen atoms in total. The lowest BCUT2D eigenvalue weighted by Gasteiger charge is -2.25. The fraction of sp³-hybridized carbons (Fsp3) is 0.294. The van der Waals surface area contributed by atoms with Crippen LogP contribution in [0.5, 0.6) is 5.75 Å². The van der Waals surface area contributed by atoms with Crippen molar-refractivity contribution < 1.29 is 9.50 Å². The second-order valence-corrected chi connectivity index (χ2v) is 5.44. The van der Waals surface area contributed by atoms with Gasteiger partial charge in [0.05, 0.1) is 0 Å². The van der Waals surface area contributed by atoms with Gasteiger partial charge in [-0.1, -0.05) is 24.3 Å². The standard InChI is InChI=1S/C17H18FNO/c1-19(11-13-10-14(18)7-9-17(13)20)16-8-6-12-4-2-3-5-15(12)16/h2-5,7,9-10,16,20H,6,8,11H2,1H3. The maximum atomic E-state index is 13.3. The molecule has 0 bridgehead atoms. The second-order valence-electron chi connectivity index (χ2n) is 5.44. The Morgan fingerprint density at radius 2 is 2.05 bits per heavy atom. The first-order valence-corrected chi connectivity index (χ1v) is 6.90. The summed E-state index contributed by atoms with van der Waals surface area (Å²) < 4.78 is 13.3. The Hall–Kier alpha value is -1.87. The number of hydrogen-bond acceptors (Lipinski definition) is 2. The largest absolute Gasteiger partial charge is 0.508 e. The normalized spacial score (nSPS) is 17.4. The third-order valence-electron chi connectivity index (χ3n) is 4.09. The molecule has 1 unspecified atom stereocenters. The Morgan fingerprint density at radius 3 is 2.90 bits per heavy atom. The molecule has 0 saturated carbocycles. The van der Waals surface area contributed by atoms with Gasteiger partial charge in [0.15, 0.2) is 0 Å². The lowest BCUT2D eigenvalue weighted by atomic mass is 10.1. The number of aromatic hydroxyl groups is 1. The number of aryl methyl sites for hydroxylation is 1. The lowest BCUT2D eigenvalue weighted by Crippen LogP contribution is -2.22. The molecule has 0 aromatic heterocycles. The number of benzene rings is 2. The molecule has 1 N–H and O–H groups in total. The van der Waals surface area contributed by atoms with E-state index in [2.05, 4.69) is 29.2 Å². The van der Waals surface area contributed by atoms with Crippen molar-refractivity contribution in [2.75, 3.05) is 7.05 Å². The van der Waals surface area contributed by atoms with Gasteiger partial charge in [0, 0.05) is 18.2 Å². The summed E-state index contributed by atoms with van der Waals surface area (Å²) in [5.74, 6) is -0.150. The Bertz CT molecular complexity index is 626. The number of halogens is 1. The Balaban J connectivity index is 1.81. The predicted molar refractivity (Wildman–Crippen MR) is 77.0 cm³/mol. The number of phenolic OH excluding ortho intramolecular Hbond substituents is 1. The molecular formula is C17H18FNO. The zero-order chi connectivity index (χ0) is 14.1. The van der Waals surface area contributed by atoms with E-state index in [-0.39, 0.29) is 11.6 Å². The van der Waals surface area contributed by atoms with Crippen LogP contribution in [0, 0.1) is 5.82 Å². The van der Waals surface area contributed by atoms with Gasteiger partial charge in [-0.3, -0.25) is 4.90 Å². The molecule has 0 amide bonds. The van der Waals surface area contributed by atoms with Gasteiger partial charge in [0.2, 0.25) is 0 Å². The highest BCUT2D eigenvalue weighted by atomic mass is 19.1. The summed E-state index contributed by atoms with van der Waals surface area (Å²) in [4.78, 5) is 2.18. The monoisotopic (exact) mass is 271 g/mol. The van der Waals surface area contributed by atoms with E-state index in [0.717, 1.165) is 12.8 Å². The molecule has 0 spiro atoms. The zero-order valence-electron chi connectivity index (χ0n) is 11.5. The Kier molecular flexibility index (Phi) is 3.45. The number of nitrogens with zero attached hydrogens (tertiary/aromatic N) is 1. The van der Waals surface area contributed by atoms with Crippen LogP contribution in [0.4, 0.5) is 4.39 Å². The van der Waals surface area contributed by atoms with Gasteiger partial charge >= 0.3 is 0 Å². The molecule has 0 radical (unpaired) electrons. The average molecular weight is 271 g/mol. The SMILES string of the molecule is CN(Cc1cc(F)ccc1O)C1CCc2ccccc21. The van der Waals surface area contributed by atoms with Gasteiger partial charge in [0.1, 0.15) is 11.6 Å². The molecule has 0 fully saturated rings. The van der Waals surface area contributed by atoms with Crippen molar-refractivity contribution in [2.24, 2.45) is 0 Å². The molecule has 20 heavy (non-hydrogen) atoms. The van der Waals surface area contributed by atoms with Crippen LogP contribution >= 0.6 is 0 Å². The minimum absolute atomic E-state index is 0.157. The quantitative estimate of drug-likeness (QED) is 0.921. The van der Waals surface area contributed by atoms with Crippen LogP contribution in [0.1, 0.15) is 29.2 Å². The highest BCUT2D eigenvalue weighted by Gasteiger charge is 2.25. The van der Waals surface area contributed by atoms with Gasteiger partial charge in [-0.2, -0.15) is 0 Å². The van der Waals surface area contributed by atoms with Crippen molar-refractivity contribution in [3.63, 3.8) is 0 Å². The smallest absolute Gasteiger partial charge is 0.123 e. The molecular weight excluding hydrogens is 253 g/mol. The first-order valence-electron chi connectivity index (χ1n) is 6.90. The molecule has 0 aliphatic heterocycles. The van der Waals surface area contributed by atoms with Crippen molar-refractivity contribution in [1.29, 1.82) is 0 Å². The van der Waals surface area contributed by atoms with E-state index in [4.69, 9.17) is 0 Å². The lowest BCUT2D eigenvalue weighted by molar-refractivity contribution is 0.233. The van der Waals surface area contributed by atoms with Crippen LogP contribution < -0.4 is 0 Å². The van der Waals surface area contributed by atoms with Gasteiger partial charge in [0.25, 0.3) is 0 Å². The minimum atomic E-state index is -0.307. The van der Waals surface area contributed by atoms with Crippen molar-refractivity contribution >= 4 is 0 Å². The molecule has 1 aliphatic rings. The van der Waals surface area contributed by atoms with Crippen LogP contribution in [0.25, 0.3) is 0 Å². The molecule has 2 aromatic carbocycles. The van der Waals surface area contributed by atoms with E-state index < -0.39 is 0 Å². The maximum absolute atomic E-state index is 13.3. The summed E-state index contributed by atoms with van der Waals surface area (Å²) in [6.45, 7) is 0.544. The number of hydrogen-bond donors (Lipinski definition) is 1. The molecule has 0 heterocycles. The van der Waals surface area contributed by atoms with Gasteiger partial charge in [-0.25, -0.2) is 4.39 Å². The van der Waals surface area contributed by atoms with Crippen LogP contribution in [0.15, 0.2) is 42.5 Å². The fourth-order valence-corrected chi connectivity index (χ4v) is 3.05. The summed E-state index contributed by atoms with van der Waals surface area (Å²) in [7, 11) is 2.02. The summed E-state index contributed by atoms with van der Waals surface area (Å²) in [5, 5.41) is 9.83. The topological polar surface area (TPSA) is 23.5 Å². The molecule has 1 atom stereocenters. The summed E-state index contributed by atoms with van der Waals surface area (Å²) in [5.41, 5.74) is 3.38. The average Bonchev–Trinajstić information content (AvgIpc) is 2.87. The number of fused-ring (bicyclic) bond motifs is 1. The zero-order valence-corrected chi connectivity index (χ0v) is 11.5. The first kappa shape index (κ1) is 13.1. The first-order chi connectivity index (χ1) is 9.65. The van der Waals surface area contributed by atoms with Crippen molar-refractivity contribution in [3.8, 4) is 5.75 Å². The Morgan fingerprint density at radius 1 is 1.25 bits per heavy atom. The van der Waals surface area contributed by atoms with E-state index in [9.17, 15) is 9.50 Å². The van der Waals surface area contributed by atoms with Crippen LogP contribution in [0.3, 0.4) is 0 Å². The van der Waals surface area contributed by atoms with E-state index in [1.54, 1.807) is 0 Å². The van der Waals surface area contributed by atoms with E-state index in [1.165, 1.54) is 29.3 Å². The van der Waals surface area contributed by atoms with E-state index in [0.29, 0.717) is 18.2 Å². The summed E-state index contributed by atoms with van der Waals surface area (Å²) in [6, 6.07) is 12.9. The van der Waals surface area contributed by atoms with E-state index in [1.807, 2.05) is 7.05 Å².